The van der Waals surface area contributed by atoms with Gasteiger partial charge in [-0.1, -0.05) is 43.0 Å². The number of para-hydroxylation sites is 1. The number of aromatic nitrogens is 4. The van der Waals surface area contributed by atoms with E-state index >= 15 is 0 Å². The number of thioether (sulfide) groups is 1. The molecular formula is C23H24FN5O2S. The van der Waals surface area contributed by atoms with Gasteiger partial charge in [-0.2, -0.15) is 0 Å². The summed E-state index contributed by atoms with van der Waals surface area (Å²) in [5.74, 6) is -0.0243. The van der Waals surface area contributed by atoms with Crippen LogP contribution >= 0.6 is 11.8 Å². The maximum Gasteiger partial charge on any atom is 0.262 e. The number of benzene rings is 2. The summed E-state index contributed by atoms with van der Waals surface area (Å²) in [6.45, 7) is 6.18. The second-order valence-corrected chi connectivity index (χ2v) is 8.94. The van der Waals surface area contributed by atoms with Crippen LogP contribution in [-0.2, 0) is 11.3 Å². The first-order valence-electron chi connectivity index (χ1n) is 10.5. The highest BCUT2D eigenvalue weighted by Crippen LogP contribution is 2.26. The first-order chi connectivity index (χ1) is 15.4. The van der Waals surface area contributed by atoms with Crippen LogP contribution in [0, 0.1) is 5.82 Å². The minimum Gasteiger partial charge on any atom is -0.349 e. The van der Waals surface area contributed by atoms with Crippen LogP contribution in [0.5, 0.6) is 0 Å². The second kappa shape index (κ2) is 9.12. The number of hydrogen-bond donors (Lipinski definition) is 1. The number of halogens is 1. The number of carbonyl (C=O) groups is 1. The van der Waals surface area contributed by atoms with Crippen LogP contribution in [0.1, 0.15) is 38.8 Å². The van der Waals surface area contributed by atoms with Gasteiger partial charge in [0.2, 0.25) is 11.7 Å². The van der Waals surface area contributed by atoms with E-state index in [1.165, 1.54) is 23.9 Å². The lowest BCUT2D eigenvalue weighted by molar-refractivity contribution is -0.120. The zero-order valence-electron chi connectivity index (χ0n) is 18.1. The van der Waals surface area contributed by atoms with Crippen LogP contribution in [0.3, 0.4) is 0 Å². The van der Waals surface area contributed by atoms with Crippen molar-refractivity contribution in [1.82, 2.24) is 24.5 Å². The van der Waals surface area contributed by atoms with Crippen LogP contribution in [0.15, 0.2) is 58.5 Å². The normalized spacial score (nSPS) is 13.4. The molecule has 0 radical (unpaired) electrons. The van der Waals surface area contributed by atoms with Crippen molar-refractivity contribution in [1.29, 1.82) is 0 Å². The summed E-state index contributed by atoms with van der Waals surface area (Å²) in [5, 5.41) is 12.2. The van der Waals surface area contributed by atoms with Crippen molar-refractivity contribution in [3.63, 3.8) is 0 Å². The van der Waals surface area contributed by atoms with E-state index in [2.05, 4.69) is 15.5 Å². The molecule has 2 heterocycles. The lowest BCUT2D eigenvalue weighted by Gasteiger charge is -2.17. The molecule has 1 amide bonds. The number of hydrogen-bond acceptors (Lipinski definition) is 5. The number of amides is 1. The summed E-state index contributed by atoms with van der Waals surface area (Å²) < 4.78 is 16.6. The molecule has 0 bridgehead atoms. The van der Waals surface area contributed by atoms with Crippen LogP contribution in [0.25, 0.3) is 16.7 Å². The number of aryl methyl sites for hydroxylation is 1. The highest BCUT2D eigenvalue weighted by atomic mass is 32.2. The van der Waals surface area contributed by atoms with Gasteiger partial charge in [-0.15, -0.1) is 10.2 Å². The predicted octanol–water partition coefficient (Wildman–Crippen LogP) is 3.95. The monoisotopic (exact) mass is 453 g/mol. The van der Waals surface area contributed by atoms with Gasteiger partial charge in [0.05, 0.1) is 22.2 Å². The third-order valence-electron chi connectivity index (χ3n) is 5.31. The molecule has 32 heavy (non-hydrogen) atoms. The van der Waals surface area contributed by atoms with Crippen molar-refractivity contribution in [2.24, 2.45) is 0 Å². The Morgan fingerprint density at radius 1 is 1.12 bits per heavy atom. The Kier molecular flexibility index (Phi) is 6.27. The van der Waals surface area contributed by atoms with Crippen molar-refractivity contribution in [2.75, 3.05) is 0 Å². The smallest absolute Gasteiger partial charge is 0.262 e. The first kappa shape index (κ1) is 22.0. The van der Waals surface area contributed by atoms with E-state index in [1.807, 2.05) is 36.4 Å². The van der Waals surface area contributed by atoms with Crippen LogP contribution in [-0.4, -0.2) is 30.3 Å². The molecule has 4 aromatic rings. The van der Waals surface area contributed by atoms with Gasteiger partial charge in [0.1, 0.15) is 5.82 Å². The van der Waals surface area contributed by atoms with E-state index in [4.69, 9.17) is 0 Å². The largest absolute Gasteiger partial charge is 0.349 e. The second-order valence-electron chi connectivity index (χ2n) is 7.63. The van der Waals surface area contributed by atoms with E-state index in [0.29, 0.717) is 28.4 Å². The zero-order chi connectivity index (χ0) is 22.8. The van der Waals surface area contributed by atoms with Crippen LogP contribution < -0.4 is 10.9 Å². The predicted molar refractivity (Wildman–Crippen MR) is 123 cm³/mol. The Labute approximate surface area is 188 Å². The SMILES string of the molecule is CCCn1c(=O)c2ccccc2n2c(SC(C)C(=O)NC(C)c3ccc(F)cc3)nnc12. The third-order valence-corrected chi connectivity index (χ3v) is 6.35. The quantitative estimate of drug-likeness (QED) is 0.429. The fourth-order valence-corrected chi connectivity index (χ4v) is 4.48. The van der Waals surface area contributed by atoms with Gasteiger partial charge < -0.3 is 5.32 Å². The average Bonchev–Trinajstić information content (AvgIpc) is 3.20. The summed E-state index contributed by atoms with van der Waals surface area (Å²) >= 11 is 1.28. The Morgan fingerprint density at radius 2 is 1.84 bits per heavy atom. The Balaban J connectivity index is 1.63. The molecule has 166 valence electrons. The Morgan fingerprint density at radius 3 is 2.56 bits per heavy atom. The zero-order valence-corrected chi connectivity index (χ0v) is 18.9. The molecular weight excluding hydrogens is 429 g/mol. The fourth-order valence-electron chi connectivity index (χ4n) is 3.61. The maximum atomic E-state index is 13.2. The van der Waals surface area contributed by atoms with E-state index in [1.54, 1.807) is 29.7 Å². The van der Waals surface area contributed by atoms with Crippen LogP contribution in [0.2, 0.25) is 0 Å². The summed E-state index contributed by atoms with van der Waals surface area (Å²) in [5.41, 5.74) is 1.43. The van der Waals surface area contributed by atoms with Crippen molar-refractivity contribution >= 4 is 34.3 Å². The number of nitrogens with zero attached hydrogens (tertiary/aromatic N) is 4. The molecule has 4 rings (SSSR count). The maximum absolute atomic E-state index is 13.2. The number of carbonyl (C=O) groups excluding carboxylic acids is 1. The number of nitrogens with one attached hydrogen (secondary N) is 1. The highest BCUT2D eigenvalue weighted by molar-refractivity contribution is 8.00. The molecule has 2 aromatic carbocycles. The van der Waals surface area contributed by atoms with Crippen molar-refractivity contribution in [2.45, 2.75) is 50.2 Å². The van der Waals surface area contributed by atoms with Crippen molar-refractivity contribution in [3.8, 4) is 0 Å². The van der Waals surface area contributed by atoms with Gasteiger partial charge in [0, 0.05) is 6.54 Å². The van der Waals surface area contributed by atoms with Gasteiger partial charge >= 0.3 is 0 Å². The van der Waals surface area contributed by atoms with Gasteiger partial charge in [0.25, 0.3) is 5.56 Å². The molecule has 0 aliphatic rings. The van der Waals surface area contributed by atoms with Crippen molar-refractivity contribution < 1.29 is 9.18 Å². The number of fused-ring (bicyclic) bond motifs is 3. The van der Waals surface area contributed by atoms with E-state index < -0.39 is 5.25 Å². The molecule has 0 saturated carbocycles. The molecule has 0 fully saturated rings. The standard InChI is InChI=1S/C23H24FN5O2S/c1-4-13-28-21(31)18-7-5-6-8-19(18)29-22(28)26-27-23(29)32-15(3)20(30)25-14(2)16-9-11-17(24)12-10-16/h5-12,14-15H,4,13H2,1-3H3,(H,25,30). The molecule has 0 saturated heterocycles. The van der Waals surface area contributed by atoms with Crippen molar-refractivity contribution in [3.05, 3.63) is 70.3 Å². The Bertz CT molecular complexity index is 1330. The van der Waals surface area contributed by atoms with E-state index in [9.17, 15) is 14.0 Å². The molecule has 7 nitrogen and oxygen atoms in total. The molecule has 1 N–H and O–H groups in total. The topological polar surface area (TPSA) is 81.3 Å². The summed E-state index contributed by atoms with van der Waals surface area (Å²) in [7, 11) is 0. The molecule has 2 aromatic heterocycles. The minimum absolute atomic E-state index is 0.0992. The van der Waals surface area contributed by atoms with Gasteiger partial charge in [0.15, 0.2) is 5.16 Å². The van der Waals surface area contributed by atoms with E-state index in [-0.39, 0.29) is 23.3 Å². The lowest BCUT2D eigenvalue weighted by atomic mass is 10.1. The molecule has 2 atom stereocenters. The third kappa shape index (κ3) is 4.12. The van der Waals surface area contributed by atoms with Gasteiger partial charge in [-0.05, 0) is 50.1 Å². The average molecular weight is 454 g/mol. The van der Waals surface area contributed by atoms with Gasteiger partial charge in [-0.25, -0.2) is 4.39 Å². The van der Waals surface area contributed by atoms with Crippen LogP contribution in [0.4, 0.5) is 4.39 Å². The molecule has 2 unspecified atom stereocenters. The Hall–Kier alpha value is -3.20. The summed E-state index contributed by atoms with van der Waals surface area (Å²) in [6, 6.07) is 13.1. The number of rotatable bonds is 7. The first-order valence-corrected chi connectivity index (χ1v) is 11.4. The summed E-state index contributed by atoms with van der Waals surface area (Å²) in [4.78, 5) is 25.8. The summed E-state index contributed by atoms with van der Waals surface area (Å²) in [6.07, 6.45) is 0.781. The fraction of sp³-hybridized carbons (Fsp3) is 0.304. The highest BCUT2D eigenvalue weighted by Gasteiger charge is 2.22. The molecule has 9 heteroatoms. The minimum atomic E-state index is -0.462. The van der Waals surface area contributed by atoms with Gasteiger partial charge in [-0.3, -0.25) is 18.6 Å². The molecule has 0 aliphatic carbocycles. The molecule has 0 spiro atoms. The lowest BCUT2D eigenvalue weighted by Crippen LogP contribution is -2.33. The molecule has 0 aliphatic heterocycles. The van der Waals surface area contributed by atoms with E-state index in [0.717, 1.165) is 12.0 Å².